The zero-order chi connectivity index (χ0) is 19.1. The quantitative estimate of drug-likeness (QED) is 0.639. The Bertz CT molecular complexity index is 975. The van der Waals surface area contributed by atoms with Gasteiger partial charge in [0.2, 0.25) is 5.88 Å². The monoisotopic (exact) mass is 378 g/mol. The lowest BCUT2D eigenvalue weighted by Crippen LogP contribution is -2.42. The van der Waals surface area contributed by atoms with Crippen LogP contribution in [0.5, 0.6) is 11.6 Å². The van der Waals surface area contributed by atoms with Crippen LogP contribution in [0.15, 0.2) is 42.7 Å². The molecule has 1 aromatic carbocycles. The van der Waals surface area contributed by atoms with Crippen LogP contribution >= 0.6 is 0 Å². The summed E-state index contributed by atoms with van der Waals surface area (Å²) < 4.78 is 7.64. The number of nitrogens with zero attached hydrogens (tertiary/aromatic N) is 4. The molecule has 2 fully saturated rings. The van der Waals surface area contributed by atoms with Crippen LogP contribution in [0.1, 0.15) is 25.7 Å². The number of rotatable bonds is 4. The van der Waals surface area contributed by atoms with Crippen molar-refractivity contribution in [2.45, 2.75) is 43.9 Å². The van der Waals surface area contributed by atoms with Crippen molar-refractivity contribution in [3.05, 3.63) is 42.7 Å². The second-order valence-corrected chi connectivity index (χ2v) is 7.53. The molecule has 2 saturated heterocycles. The molecule has 144 valence electrons. The highest BCUT2D eigenvalue weighted by molar-refractivity contribution is 5.68. The summed E-state index contributed by atoms with van der Waals surface area (Å²) in [6.45, 7) is 0. The van der Waals surface area contributed by atoms with Crippen molar-refractivity contribution in [1.29, 1.82) is 0 Å². The van der Waals surface area contributed by atoms with Crippen molar-refractivity contribution in [1.82, 2.24) is 25.3 Å². The number of phenolic OH excluding ortho intramolecular Hbond substituents is 1. The number of hydrogen-bond acceptors (Lipinski definition) is 7. The molecule has 4 N–H and O–H groups in total. The molecule has 2 aliphatic rings. The molecule has 2 aromatic heterocycles. The van der Waals surface area contributed by atoms with Gasteiger partial charge >= 0.3 is 0 Å². The molecule has 0 saturated carbocycles. The van der Waals surface area contributed by atoms with Crippen molar-refractivity contribution in [2.75, 3.05) is 5.73 Å². The molecule has 2 aliphatic heterocycles. The van der Waals surface area contributed by atoms with Crippen molar-refractivity contribution >= 4 is 5.69 Å². The molecule has 3 aromatic rings. The molecule has 0 aliphatic carbocycles. The second-order valence-electron chi connectivity index (χ2n) is 7.53. The summed E-state index contributed by atoms with van der Waals surface area (Å²) >= 11 is 0. The second kappa shape index (κ2) is 6.79. The van der Waals surface area contributed by atoms with E-state index < -0.39 is 0 Å². The first-order valence-corrected chi connectivity index (χ1v) is 9.54. The highest BCUT2D eigenvalue weighted by Crippen LogP contribution is 2.31. The molecule has 0 amide bonds. The molecule has 28 heavy (non-hydrogen) atoms. The number of aromatic nitrogens is 4. The van der Waals surface area contributed by atoms with Gasteiger partial charge in [0.05, 0.1) is 29.5 Å². The lowest BCUT2D eigenvalue weighted by Gasteiger charge is -2.28. The summed E-state index contributed by atoms with van der Waals surface area (Å²) in [5.74, 6) is 0.627. The molecule has 2 bridgehead atoms. The third-order valence-electron chi connectivity index (χ3n) is 5.48. The van der Waals surface area contributed by atoms with Gasteiger partial charge in [-0.2, -0.15) is 5.10 Å². The fourth-order valence-corrected chi connectivity index (χ4v) is 4.16. The molecule has 5 rings (SSSR count). The molecule has 2 unspecified atom stereocenters. The van der Waals surface area contributed by atoms with Crippen LogP contribution in [0.25, 0.3) is 16.9 Å². The first-order chi connectivity index (χ1) is 13.6. The minimum atomic E-state index is 0.101. The smallest absolute Gasteiger partial charge is 0.233 e. The fraction of sp³-hybridized carbons (Fsp3) is 0.350. The van der Waals surface area contributed by atoms with Crippen LogP contribution in [0.2, 0.25) is 0 Å². The van der Waals surface area contributed by atoms with Crippen molar-refractivity contribution in [2.24, 2.45) is 0 Å². The number of aromatic hydroxyl groups is 1. The predicted octanol–water partition coefficient (Wildman–Crippen LogP) is 2.28. The number of benzene rings is 1. The highest BCUT2D eigenvalue weighted by Gasteiger charge is 2.34. The fourth-order valence-electron chi connectivity index (χ4n) is 4.16. The first kappa shape index (κ1) is 17.0. The van der Waals surface area contributed by atoms with E-state index in [1.807, 2.05) is 18.2 Å². The van der Waals surface area contributed by atoms with E-state index in [1.54, 1.807) is 29.2 Å². The topological polar surface area (TPSA) is 111 Å². The molecule has 2 atom stereocenters. The van der Waals surface area contributed by atoms with E-state index in [2.05, 4.69) is 20.6 Å². The maximum absolute atomic E-state index is 10.4. The Morgan fingerprint density at radius 3 is 2.57 bits per heavy atom. The molecular weight excluding hydrogens is 356 g/mol. The van der Waals surface area contributed by atoms with E-state index >= 15 is 0 Å². The van der Waals surface area contributed by atoms with Gasteiger partial charge < -0.3 is 20.9 Å². The van der Waals surface area contributed by atoms with E-state index in [9.17, 15) is 5.11 Å². The summed E-state index contributed by atoms with van der Waals surface area (Å²) in [5, 5.41) is 26.6. The summed E-state index contributed by atoms with van der Waals surface area (Å²) in [7, 11) is 0. The Hall–Kier alpha value is -3.13. The van der Waals surface area contributed by atoms with Crippen molar-refractivity contribution in [3.8, 4) is 28.6 Å². The number of nitrogens with one attached hydrogen (secondary N) is 1. The first-order valence-electron chi connectivity index (χ1n) is 9.54. The number of hydrogen-bond donors (Lipinski definition) is 3. The molecule has 0 radical (unpaired) electrons. The highest BCUT2D eigenvalue weighted by atomic mass is 16.5. The zero-order valence-corrected chi connectivity index (χ0v) is 15.3. The van der Waals surface area contributed by atoms with Gasteiger partial charge in [-0.15, -0.1) is 10.2 Å². The number of anilines is 1. The predicted molar refractivity (Wildman–Crippen MR) is 104 cm³/mol. The number of ether oxygens (including phenoxy) is 1. The Balaban J connectivity index is 1.31. The van der Waals surface area contributed by atoms with Gasteiger partial charge in [0, 0.05) is 29.8 Å². The third kappa shape index (κ3) is 3.27. The standard InChI is InChI=1S/C20H22N6O2/c21-12-10-22-26(11-12)15-3-4-17(19(27)9-15)18-5-6-20(25-24-18)28-16-7-13-1-2-14(8-16)23-13/h3-6,9-11,13-14,16,23,27H,1-2,7-8,21H2. The van der Waals surface area contributed by atoms with Crippen LogP contribution in [-0.2, 0) is 0 Å². The van der Waals surface area contributed by atoms with Gasteiger partial charge in [-0.3, -0.25) is 0 Å². The van der Waals surface area contributed by atoms with Crippen LogP contribution in [0.3, 0.4) is 0 Å². The largest absolute Gasteiger partial charge is 0.507 e. The van der Waals surface area contributed by atoms with E-state index in [1.165, 1.54) is 12.8 Å². The van der Waals surface area contributed by atoms with Crippen LogP contribution in [0.4, 0.5) is 5.69 Å². The van der Waals surface area contributed by atoms with Gasteiger partial charge in [-0.25, -0.2) is 4.68 Å². The maximum atomic E-state index is 10.4. The van der Waals surface area contributed by atoms with Gasteiger partial charge in [-0.05, 0) is 43.9 Å². The molecule has 8 nitrogen and oxygen atoms in total. The number of phenols is 1. The van der Waals surface area contributed by atoms with Gasteiger partial charge in [0.15, 0.2) is 0 Å². The SMILES string of the molecule is Nc1cnn(-c2ccc(-c3ccc(OC4CC5CCC(C4)N5)nn3)c(O)c2)c1. The van der Waals surface area contributed by atoms with E-state index in [0.717, 1.165) is 12.8 Å². The normalized spacial score (nSPS) is 23.6. The van der Waals surface area contributed by atoms with E-state index in [0.29, 0.717) is 40.6 Å². The lowest BCUT2D eigenvalue weighted by molar-refractivity contribution is 0.130. The Morgan fingerprint density at radius 1 is 1.11 bits per heavy atom. The van der Waals surface area contributed by atoms with Gasteiger partial charge in [-0.1, -0.05) is 0 Å². The molecular formula is C20H22N6O2. The zero-order valence-electron chi connectivity index (χ0n) is 15.3. The van der Waals surface area contributed by atoms with Crippen molar-refractivity contribution < 1.29 is 9.84 Å². The van der Waals surface area contributed by atoms with Crippen LogP contribution in [0, 0.1) is 0 Å². The molecule has 8 heteroatoms. The average Bonchev–Trinajstić information content (AvgIpc) is 3.27. The van der Waals surface area contributed by atoms with Gasteiger partial charge in [0.25, 0.3) is 0 Å². The number of piperidine rings is 1. The minimum Gasteiger partial charge on any atom is -0.507 e. The lowest BCUT2D eigenvalue weighted by atomic mass is 10.0. The summed E-state index contributed by atoms with van der Waals surface area (Å²) in [4.78, 5) is 0. The van der Waals surface area contributed by atoms with Crippen LogP contribution in [-0.4, -0.2) is 43.3 Å². The van der Waals surface area contributed by atoms with Crippen molar-refractivity contribution in [3.63, 3.8) is 0 Å². The average molecular weight is 378 g/mol. The number of fused-ring (bicyclic) bond motifs is 2. The van der Waals surface area contributed by atoms with Crippen LogP contribution < -0.4 is 15.8 Å². The minimum absolute atomic E-state index is 0.101. The molecule has 4 heterocycles. The Morgan fingerprint density at radius 2 is 1.93 bits per heavy atom. The number of nitrogen functional groups attached to an aromatic ring is 1. The number of nitrogens with two attached hydrogens (primary N) is 1. The Labute approximate surface area is 162 Å². The van der Waals surface area contributed by atoms with Gasteiger partial charge in [0.1, 0.15) is 11.9 Å². The summed E-state index contributed by atoms with van der Waals surface area (Å²) in [5.41, 5.74) is 8.16. The molecule has 0 spiro atoms. The van der Waals surface area contributed by atoms with E-state index in [4.69, 9.17) is 10.5 Å². The Kier molecular flexibility index (Phi) is 4.12. The summed E-state index contributed by atoms with van der Waals surface area (Å²) in [6.07, 6.45) is 7.93. The van der Waals surface area contributed by atoms with E-state index in [-0.39, 0.29) is 11.9 Å². The summed E-state index contributed by atoms with van der Waals surface area (Å²) in [6, 6.07) is 10.0. The maximum Gasteiger partial charge on any atom is 0.233 e. The third-order valence-corrected chi connectivity index (χ3v) is 5.48.